The molecule has 0 bridgehead atoms. The van der Waals surface area contributed by atoms with Crippen LogP contribution in [0, 0.1) is 12.7 Å². The monoisotopic (exact) mass is 354 g/mol. The van der Waals surface area contributed by atoms with Crippen LogP contribution in [0.15, 0.2) is 48.2 Å². The molecule has 0 aromatic heterocycles. The molecule has 0 saturated carbocycles. The number of benzene rings is 2. The maximum Gasteiger partial charge on any atom is 0.198 e. The number of rotatable bonds is 2. The first-order chi connectivity index (χ1) is 12.0. The number of aliphatic hydroxyl groups is 1. The molecular formula is C22H23FO3. The first kappa shape index (κ1) is 18.3. The first-order valence-corrected chi connectivity index (χ1v) is 8.58. The van der Waals surface area contributed by atoms with Crippen molar-refractivity contribution in [1.82, 2.24) is 0 Å². The summed E-state index contributed by atoms with van der Waals surface area (Å²) in [5.74, 6) is -0.675. The highest BCUT2D eigenvalue weighted by atomic mass is 19.1. The third kappa shape index (κ3) is 3.06. The molecule has 0 atom stereocenters. The largest absolute Gasteiger partial charge is 0.508 e. The molecule has 1 heterocycles. The summed E-state index contributed by atoms with van der Waals surface area (Å²) in [4.78, 5) is 13.0. The number of aliphatic hydroxyl groups excluding tert-OH is 1. The molecule has 136 valence electrons. The van der Waals surface area contributed by atoms with Gasteiger partial charge >= 0.3 is 0 Å². The average Bonchev–Trinajstić information content (AvgIpc) is 2.54. The van der Waals surface area contributed by atoms with E-state index in [-0.39, 0.29) is 22.9 Å². The average molecular weight is 354 g/mol. The predicted octanol–water partition coefficient (Wildman–Crippen LogP) is 5.23. The van der Waals surface area contributed by atoms with Gasteiger partial charge in [-0.25, -0.2) is 4.39 Å². The fourth-order valence-electron chi connectivity index (χ4n) is 3.43. The molecule has 2 aromatic rings. The molecular weight excluding hydrogens is 331 g/mol. The van der Waals surface area contributed by atoms with Crippen LogP contribution in [0.1, 0.15) is 38.8 Å². The van der Waals surface area contributed by atoms with E-state index >= 15 is 0 Å². The van der Waals surface area contributed by atoms with Crippen molar-refractivity contribution < 1.29 is 19.0 Å². The molecule has 26 heavy (non-hydrogen) atoms. The van der Waals surface area contributed by atoms with Crippen LogP contribution in [0.5, 0.6) is 0 Å². The topological polar surface area (TPSA) is 46.5 Å². The number of ketones is 1. The van der Waals surface area contributed by atoms with E-state index in [0.29, 0.717) is 11.1 Å². The summed E-state index contributed by atoms with van der Waals surface area (Å²) >= 11 is 0. The predicted molar refractivity (Wildman–Crippen MR) is 100 cm³/mol. The van der Waals surface area contributed by atoms with Crippen molar-refractivity contribution in [3.8, 4) is 11.1 Å². The Hall–Kier alpha value is -2.46. The van der Waals surface area contributed by atoms with Crippen molar-refractivity contribution >= 4 is 11.4 Å². The van der Waals surface area contributed by atoms with Crippen molar-refractivity contribution in [2.75, 3.05) is 0 Å². The van der Waals surface area contributed by atoms with Gasteiger partial charge in [-0.15, -0.1) is 0 Å². The van der Waals surface area contributed by atoms with Crippen LogP contribution in [0.25, 0.3) is 16.7 Å². The lowest BCUT2D eigenvalue weighted by Gasteiger charge is -2.40. The van der Waals surface area contributed by atoms with E-state index in [9.17, 15) is 14.3 Å². The molecule has 2 aromatic carbocycles. The zero-order valence-electron chi connectivity index (χ0n) is 15.7. The Labute approximate surface area is 153 Å². The van der Waals surface area contributed by atoms with Crippen molar-refractivity contribution in [1.29, 1.82) is 0 Å². The van der Waals surface area contributed by atoms with Gasteiger partial charge in [-0.2, -0.15) is 0 Å². The minimum atomic E-state index is -1.05. The summed E-state index contributed by atoms with van der Waals surface area (Å²) in [6.45, 7) is 8.77. The molecule has 0 amide bonds. The molecule has 1 N–H and O–H groups in total. The summed E-state index contributed by atoms with van der Waals surface area (Å²) in [6, 6.07) is 11.9. The van der Waals surface area contributed by atoms with Gasteiger partial charge in [0.25, 0.3) is 0 Å². The number of aryl methyl sites for hydroxylation is 1. The molecule has 0 aliphatic carbocycles. The zero-order valence-corrected chi connectivity index (χ0v) is 15.7. The van der Waals surface area contributed by atoms with Crippen LogP contribution in [-0.2, 0) is 9.53 Å². The Morgan fingerprint density at radius 2 is 1.62 bits per heavy atom. The van der Waals surface area contributed by atoms with Crippen LogP contribution in [0.3, 0.4) is 0 Å². The molecule has 3 nitrogen and oxygen atoms in total. The third-order valence-corrected chi connectivity index (χ3v) is 4.76. The van der Waals surface area contributed by atoms with Crippen molar-refractivity contribution in [3.63, 3.8) is 0 Å². The second-order valence-electron chi connectivity index (χ2n) is 7.72. The Morgan fingerprint density at radius 3 is 2.27 bits per heavy atom. The van der Waals surface area contributed by atoms with E-state index < -0.39 is 11.2 Å². The van der Waals surface area contributed by atoms with Crippen molar-refractivity contribution in [3.05, 3.63) is 65.2 Å². The Morgan fingerprint density at radius 1 is 0.962 bits per heavy atom. The fourth-order valence-corrected chi connectivity index (χ4v) is 3.43. The normalized spacial score (nSPS) is 18.9. The van der Waals surface area contributed by atoms with Gasteiger partial charge in [0.05, 0.1) is 5.57 Å². The maximum absolute atomic E-state index is 13.6. The van der Waals surface area contributed by atoms with E-state index in [1.54, 1.807) is 33.8 Å². The highest BCUT2D eigenvalue weighted by molar-refractivity contribution is 6.26. The minimum absolute atomic E-state index is 0.0821. The summed E-state index contributed by atoms with van der Waals surface area (Å²) in [6.07, 6.45) is 0. The van der Waals surface area contributed by atoms with Gasteiger partial charge in [0, 0.05) is 0 Å². The highest BCUT2D eigenvalue weighted by Crippen LogP contribution is 2.41. The van der Waals surface area contributed by atoms with E-state index in [1.165, 1.54) is 12.1 Å². The number of halogens is 1. The molecule has 0 fully saturated rings. The first-order valence-electron chi connectivity index (χ1n) is 8.58. The van der Waals surface area contributed by atoms with Gasteiger partial charge in [-0.3, -0.25) is 4.79 Å². The van der Waals surface area contributed by atoms with Crippen LogP contribution >= 0.6 is 0 Å². The number of hydrogen-bond donors (Lipinski definition) is 1. The number of carbonyl (C=O) groups excluding carboxylic acids is 1. The van der Waals surface area contributed by atoms with Gasteiger partial charge in [0.15, 0.2) is 5.78 Å². The van der Waals surface area contributed by atoms with Crippen molar-refractivity contribution in [2.24, 2.45) is 0 Å². The second-order valence-corrected chi connectivity index (χ2v) is 7.72. The summed E-state index contributed by atoms with van der Waals surface area (Å²) in [5.41, 5.74) is 1.22. The summed E-state index contributed by atoms with van der Waals surface area (Å²) < 4.78 is 19.4. The summed E-state index contributed by atoms with van der Waals surface area (Å²) in [5, 5.41) is 10.8. The SMILES string of the molecule is Cc1ccc(-c2cccc(F)c2)cc1C1=C(O)C(C)(C)OC(C)(C)C1=O. The molecule has 3 rings (SSSR count). The fraction of sp³-hybridized carbons (Fsp3) is 0.318. The Kier molecular flexibility index (Phi) is 4.27. The van der Waals surface area contributed by atoms with E-state index in [2.05, 4.69) is 0 Å². The van der Waals surface area contributed by atoms with Gasteiger partial charge in [0.1, 0.15) is 22.8 Å². The quantitative estimate of drug-likeness (QED) is 0.803. The molecule has 1 aliphatic heterocycles. The van der Waals surface area contributed by atoms with Crippen LogP contribution < -0.4 is 0 Å². The number of hydrogen-bond acceptors (Lipinski definition) is 3. The third-order valence-electron chi connectivity index (χ3n) is 4.76. The van der Waals surface area contributed by atoms with Crippen molar-refractivity contribution in [2.45, 2.75) is 45.8 Å². The van der Waals surface area contributed by atoms with Crippen LogP contribution in [-0.4, -0.2) is 22.1 Å². The Bertz CT molecular complexity index is 923. The number of carbonyl (C=O) groups is 1. The molecule has 0 radical (unpaired) electrons. The van der Waals surface area contributed by atoms with E-state index in [1.807, 2.05) is 31.2 Å². The smallest absolute Gasteiger partial charge is 0.198 e. The molecule has 4 heteroatoms. The zero-order chi connectivity index (χ0) is 19.3. The van der Waals surface area contributed by atoms with Gasteiger partial charge in [-0.1, -0.05) is 24.3 Å². The van der Waals surface area contributed by atoms with Gasteiger partial charge in [-0.05, 0) is 75.1 Å². The number of ether oxygens (including phenoxy) is 1. The van der Waals surface area contributed by atoms with Gasteiger partial charge < -0.3 is 9.84 Å². The standard InChI is InChI=1S/C22H23FO3/c1-13-9-10-15(14-7-6-8-16(23)11-14)12-17(13)18-19(24)21(2,3)26-22(4,5)20(18)25/h6-12,24H,1-5H3. The van der Waals surface area contributed by atoms with E-state index in [0.717, 1.165) is 11.1 Å². The molecule has 0 spiro atoms. The minimum Gasteiger partial charge on any atom is -0.508 e. The lowest BCUT2D eigenvalue weighted by molar-refractivity contribution is -0.158. The lowest BCUT2D eigenvalue weighted by atomic mass is 9.81. The van der Waals surface area contributed by atoms with E-state index in [4.69, 9.17) is 4.74 Å². The number of Topliss-reactive ketones (excluding diaryl/α,β-unsaturated/α-hetero) is 1. The maximum atomic E-state index is 13.6. The molecule has 0 unspecified atom stereocenters. The Balaban J connectivity index is 2.23. The highest BCUT2D eigenvalue weighted by Gasteiger charge is 2.47. The second kappa shape index (κ2) is 6.06. The molecule has 1 aliphatic rings. The summed E-state index contributed by atoms with van der Waals surface area (Å²) in [7, 11) is 0. The molecule has 0 saturated heterocycles. The van der Waals surface area contributed by atoms with Crippen LogP contribution in [0.2, 0.25) is 0 Å². The van der Waals surface area contributed by atoms with Crippen LogP contribution in [0.4, 0.5) is 4.39 Å². The lowest BCUT2D eigenvalue weighted by Crippen LogP contribution is -2.49. The van der Waals surface area contributed by atoms with Gasteiger partial charge in [0.2, 0.25) is 0 Å².